The molecule has 0 aliphatic rings. The van der Waals surface area contributed by atoms with Gasteiger partial charge in [-0.15, -0.1) is 0 Å². The quantitative estimate of drug-likeness (QED) is 0.539. The molecule has 0 atom stereocenters. The number of nitrogens with one attached hydrogen (secondary N) is 2. The van der Waals surface area contributed by atoms with Crippen molar-refractivity contribution in [3.8, 4) is 11.3 Å². The first kappa shape index (κ1) is 18.0. The summed E-state index contributed by atoms with van der Waals surface area (Å²) in [6.07, 6.45) is 0.411. The summed E-state index contributed by atoms with van der Waals surface area (Å²) in [4.78, 5) is 27.3. The average Bonchev–Trinajstić information content (AvgIpc) is 3.19. The van der Waals surface area contributed by atoms with Crippen molar-refractivity contribution in [3.05, 3.63) is 87.3 Å². The van der Waals surface area contributed by atoms with Crippen LogP contribution in [-0.4, -0.2) is 22.6 Å². The lowest BCUT2D eigenvalue weighted by Crippen LogP contribution is -2.27. The predicted octanol–water partition coefficient (Wildman–Crippen LogP) is 3.81. The Morgan fingerprint density at radius 1 is 1.11 bits per heavy atom. The highest BCUT2D eigenvalue weighted by Crippen LogP contribution is 2.22. The van der Waals surface area contributed by atoms with Gasteiger partial charge in [-0.1, -0.05) is 35.0 Å². The fourth-order valence-electron chi connectivity index (χ4n) is 2.91. The lowest BCUT2D eigenvalue weighted by atomic mass is 10.1. The molecule has 2 aromatic carbocycles. The topological polar surface area (TPSA) is 88.0 Å². The zero-order valence-corrected chi connectivity index (χ0v) is 15.5. The van der Waals surface area contributed by atoms with Crippen LogP contribution in [0.2, 0.25) is 5.02 Å². The lowest BCUT2D eigenvalue weighted by molar-refractivity contribution is 0.0945. The highest BCUT2D eigenvalue weighted by atomic mass is 35.5. The zero-order chi connectivity index (χ0) is 19.5. The number of nitrogens with zero attached hydrogens (tertiary/aromatic N) is 1. The van der Waals surface area contributed by atoms with Crippen molar-refractivity contribution in [3.63, 3.8) is 0 Å². The maximum Gasteiger partial charge on any atom is 0.273 e. The number of benzene rings is 2. The smallest absolute Gasteiger partial charge is 0.273 e. The van der Waals surface area contributed by atoms with Crippen LogP contribution in [0.1, 0.15) is 16.1 Å². The molecule has 2 aromatic heterocycles. The van der Waals surface area contributed by atoms with E-state index in [9.17, 15) is 9.59 Å². The molecule has 2 heterocycles. The molecule has 6 nitrogen and oxygen atoms in total. The maximum absolute atomic E-state index is 12.3. The van der Waals surface area contributed by atoms with Crippen LogP contribution in [0, 0.1) is 0 Å². The van der Waals surface area contributed by atoms with Gasteiger partial charge in [-0.25, -0.2) is 0 Å². The summed E-state index contributed by atoms with van der Waals surface area (Å²) >= 11 is 5.87. The number of carbonyl (C=O) groups excluding carboxylic acids is 1. The molecule has 0 spiro atoms. The molecule has 0 saturated heterocycles. The van der Waals surface area contributed by atoms with Gasteiger partial charge in [0, 0.05) is 34.3 Å². The summed E-state index contributed by atoms with van der Waals surface area (Å²) in [6, 6.07) is 18.0. The highest BCUT2D eigenvalue weighted by molar-refractivity contribution is 6.30. The molecule has 0 radical (unpaired) electrons. The Labute approximate surface area is 165 Å². The Morgan fingerprint density at radius 2 is 1.89 bits per heavy atom. The second-order valence-electron chi connectivity index (χ2n) is 6.30. The number of amides is 1. The number of carbonyl (C=O) groups is 1. The molecule has 0 unspecified atom stereocenters. The van der Waals surface area contributed by atoms with Gasteiger partial charge in [0.1, 0.15) is 0 Å². The zero-order valence-electron chi connectivity index (χ0n) is 14.7. The van der Waals surface area contributed by atoms with Crippen LogP contribution in [0.3, 0.4) is 0 Å². The standard InChI is InChI=1S/C21H16ClN3O3/c22-16-7-5-13(6-8-16)19-12-18(25-28-19)21(27)23-10-9-15-11-14-3-1-2-4-17(14)24-20(15)26/h1-8,11-12H,9-10H2,(H,23,27)(H,24,26). The lowest BCUT2D eigenvalue weighted by Gasteiger charge is -2.04. The number of halogens is 1. The number of fused-ring (bicyclic) bond motifs is 1. The van der Waals surface area contributed by atoms with E-state index in [0.29, 0.717) is 29.3 Å². The van der Waals surface area contributed by atoms with E-state index in [0.717, 1.165) is 16.5 Å². The third-order valence-electron chi connectivity index (χ3n) is 4.38. The van der Waals surface area contributed by atoms with Crippen molar-refractivity contribution < 1.29 is 9.32 Å². The molecule has 0 saturated carbocycles. The maximum atomic E-state index is 12.3. The van der Waals surface area contributed by atoms with Gasteiger partial charge in [0.15, 0.2) is 11.5 Å². The van der Waals surface area contributed by atoms with Crippen LogP contribution < -0.4 is 10.9 Å². The monoisotopic (exact) mass is 393 g/mol. The van der Waals surface area contributed by atoms with Crippen LogP contribution >= 0.6 is 11.6 Å². The van der Waals surface area contributed by atoms with Gasteiger partial charge in [-0.05, 0) is 48.2 Å². The fraction of sp³-hybridized carbons (Fsp3) is 0.0952. The Bertz CT molecular complexity index is 1200. The SMILES string of the molecule is O=C(NCCc1cc2ccccc2[nH]c1=O)c1cc(-c2ccc(Cl)cc2)on1. The highest BCUT2D eigenvalue weighted by Gasteiger charge is 2.13. The molecule has 140 valence electrons. The molecule has 7 heteroatoms. The second kappa shape index (κ2) is 7.70. The number of pyridine rings is 1. The number of H-pyrrole nitrogens is 1. The van der Waals surface area contributed by atoms with Gasteiger partial charge < -0.3 is 14.8 Å². The molecule has 28 heavy (non-hydrogen) atoms. The molecule has 4 aromatic rings. The predicted molar refractivity (Wildman–Crippen MR) is 108 cm³/mol. The van der Waals surface area contributed by atoms with Gasteiger partial charge in [0.2, 0.25) is 0 Å². The van der Waals surface area contributed by atoms with Gasteiger partial charge in [0.05, 0.1) is 0 Å². The third kappa shape index (κ3) is 3.82. The minimum Gasteiger partial charge on any atom is -0.355 e. The van der Waals surface area contributed by atoms with E-state index in [1.807, 2.05) is 30.3 Å². The summed E-state index contributed by atoms with van der Waals surface area (Å²) in [5, 5.41) is 8.14. The Balaban J connectivity index is 1.40. The molecule has 2 N–H and O–H groups in total. The van der Waals surface area contributed by atoms with Crippen molar-refractivity contribution in [1.82, 2.24) is 15.5 Å². The number of aromatic nitrogens is 2. The first-order valence-corrected chi connectivity index (χ1v) is 9.10. The van der Waals surface area contributed by atoms with Crippen molar-refractivity contribution >= 4 is 28.4 Å². The second-order valence-corrected chi connectivity index (χ2v) is 6.74. The van der Waals surface area contributed by atoms with Crippen LogP contribution in [-0.2, 0) is 6.42 Å². The van der Waals surface area contributed by atoms with E-state index >= 15 is 0 Å². The molecule has 0 aliphatic carbocycles. The number of hydrogen-bond acceptors (Lipinski definition) is 4. The van der Waals surface area contributed by atoms with E-state index in [2.05, 4.69) is 15.5 Å². The van der Waals surface area contributed by atoms with Crippen molar-refractivity contribution in [1.29, 1.82) is 0 Å². The minimum absolute atomic E-state index is 0.153. The summed E-state index contributed by atoms with van der Waals surface area (Å²) < 4.78 is 5.23. The summed E-state index contributed by atoms with van der Waals surface area (Å²) in [7, 11) is 0. The molecular formula is C21H16ClN3O3. The third-order valence-corrected chi connectivity index (χ3v) is 4.63. The molecule has 1 amide bonds. The fourth-order valence-corrected chi connectivity index (χ4v) is 3.04. The summed E-state index contributed by atoms with van der Waals surface area (Å²) in [5.74, 6) is 0.119. The molecule has 0 bridgehead atoms. The number of hydrogen-bond donors (Lipinski definition) is 2. The normalized spacial score (nSPS) is 10.9. The molecular weight excluding hydrogens is 378 g/mol. The van der Waals surface area contributed by atoms with Gasteiger partial charge in [-0.2, -0.15) is 0 Å². The number of para-hydroxylation sites is 1. The van der Waals surface area contributed by atoms with E-state index < -0.39 is 0 Å². The molecule has 0 fully saturated rings. The van der Waals surface area contributed by atoms with Crippen molar-refractivity contribution in [2.24, 2.45) is 0 Å². The average molecular weight is 394 g/mol. The van der Waals surface area contributed by atoms with E-state index in [1.165, 1.54) is 0 Å². The number of aromatic amines is 1. The summed E-state index contributed by atoms with van der Waals surface area (Å²) in [5.41, 5.74) is 2.20. The number of rotatable bonds is 5. The van der Waals surface area contributed by atoms with E-state index in [4.69, 9.17) is 16.1 Å². The molecule has 4 rings (SSSR count). The molecule has 0 aliphatic heterocycles. The van der Waals surface area contributed by atoms with Gasteiger partial charge >= 0.3 is 0 Å². The van der Waals surface area contributed by atoms with E-state index in [1.54, 1.807) is 30.3 Å². The first-order valence-electron chi connectivity index (χ1n) is 8.72. The Morgan fingerprint density at radius 3 is 2.71 bits per heavy atom. The Kier molecular flexibility index (Phi) is 4.95. The van der Waals surface area contributed by atoms with E-state index in [-0.39, 0.29) is 17.2 Å². The van der Waals surface area contributed by atoms with Gasteiger partial charge in [0.25, 0.3) is 11.5 Å². The van der Waals surface area contributed by atoms with Crippen molar-refractivity contribution in [2.45, 2.75) is 6.42 Å². The van der Waals surface area contributed by atoms with Crippen LogP contribution in [0.4, 0.5) is 0 Å². The first-order chi connectivity index (χ1) is 13.6. The van der Waals surface area contributed by atoms with Crippen molar-refractivity contribution in [2.75, 3.05) is 6.54 Å². The van der Waals surface area contributed by atoms with Crippen LogP contribution in [0.15, 0.2) is 70.0 Å². The van der Waals surface area contributed by atoms with Crippen LogP contribution in [0.5, 0.6) is 0 Å². The van der Waals surface area contributed by atoms with Gasteiger partial charge in [-0.3, -0.25) is 9.59 Å². The largest absolute Gasteiger partial charge is 0.355 e. The van der Waals surface area contributed by atoms with Crippen LogP contribution in [0.25, 0.3) is 22.2 Å². The Hall–Kier alpha value is -3.38. The minimum atomic E-state index is -0.360. The summed E-state index contributed by atoms with van der Waals surface area (Å²) in [6.45, 7) is 0.309.